The van der Waals surface area contributed by atoms with Crippen LogP contribution in [-0.4, -0.2) is 33.7 Å². The number of esters is 1. The molecule has 142 valence electrons. The maximum absolute atomic E-state index is 12.3. The SMILES string of the molecule is CCOC(=O)c1ccc(NC(=O)c2ccc(NCc3ccccn3)nn2)cc1. The lowest BCUT2D eigenvalue weighted by Crippen LogP contribution is -2.15. The van der Waals surface area contributed by atoms with Gasteiger partial charge < -0.3 is 15.4 Å². The number of aromatic nitrogens is 3. The molecule has 1 amide bonds. The highest BCUT2D eigenvalue weighted by Gasteiger charge is 2.10. The predicted octanol–water partition coefficient (Wildman–Crippen LogP) is 2.91. The summed E-state index contributed by atoms with van der Waals surface area (Å²) in [5, 5.41) is 13.7. The first-order valence-electron chi connectivity index (χ1n) is 8.72. The van der Waals surface area contributed by atoms with E-state index in [0.29, 0.717) is 30.2 Å². The van der Waals surface area contributed by atoms with Gasteiger partial charge in [0.05, 0.1) is 24.4 Å². The van der Waals surface area contributed by atoms with Crippen LogP contribution in [0.2, 0.25) is 0 Å². The molecule has 2 aromatic heterocycles. The summed E-state index contributed by atoms with van der Waals surface area (Å²) in [6, 6.07) is 15.3. The first-order chi connectivity index (χ1) is 13.7. The third kappa shape index (κ3) is 5.10. The first kappa shape index (κ1) is 19.0. The lowest BCUT2D eigenvalue weighted by molar-refractivity contribution is 0.0526. The second kappa shape index (κ2) is 9.22. The monoisotopic (exact) mass is 377 g/mol. The van der Waals surface area contributed by atoms with Gasteiger partial charge in [0.2, 0.25) is 0 Å². The van der Waals surface area contributed by atoms with Crippen molar-refractivity contribution in [2.24, 2.45) is 0 Å². The van der Waals surface area contributed by atoms with Crippen molar-refractivity contribution < 1.29 is 14.3 Å². The van der Waals surface area contributed by atoms with E-state index in [4.69, 9.17) is 4.74 Å². The van der Waals surface area contributed by atoms with Gasteiger partial charge in [0, 0.05) is 11.9 Å². The minimum atomic E-state index is -0.403. The Hall–Kier alpha value is -3.81. The second-order valence-electron chi connectivity index (χ2n) is 5.73. The minimum absolute atomic E-state index is 0.179. The first-order valence-corrected chi connectivity index (χ1v) is 8.72. The summed E-state index contributed by atoms with van der Waals surface area (Å²) in [5.74, 6) is -0.256. The number of nitrogens with zero attached hydrogens (tertiary/aromatic N) is 3. The molecule has 28 heavy (non-hydrogen) atoms. The number of pyridine rings is 1. The summed E-state index contributed by atoms with van der Waals surface area (Å²) >= 11 is 0. The Balaban J connectivity index is 1.56. The molecule has 1 aromatic carbocycles. The molecule has 8 heteroatoms. The molecular formula is C20H19N5O3. The van der Waals surface area contributed by atoms with Crippen molar-refractivity contribution in [1.29, 1.82) is 0 Å². The third-order valence-electron chi connectivity index (χ3n) is 3.73. The van der Waals surface area contributed by atoms with Crippen molar-refractivity contribution in [3.05, 3.63) is 77.7 Å². The molecule has 3 aromatic rings. The fraction of sp³-hybridized carbons (Fsp3) is 0.150. The van der Waals surface area contributed by atoms with Crippen LogP contribution in [0.4, 0.5) is 11.5 Å². The van der Waals surface area contributed by atoms with Gasteiger partial charge >= 0.3 is 5.97 Å². The molecule has 0 fully saturated rings. The van der Waals surface area contributed by atoms with Crippen LogP contribution in [0, 0.1) is 0 Å². The van der Waals surface area contributed by atoms with Gasteiger partial charge in [-0.05, 0) is 55.5 Å². The summed E-state index contributed by atoms with van der Waals surface area (Å²) in [5.41, 5.74) is 2.01. The molecule has 3 rings (SSSR count). The maximum atomic E-state index is 12.3. The van der Waals surface area contributed by atoms with E-state index in [1.54, 1.807) is 49.5 Å². The van der Waals surface area contributed by atoms with Gasteiger partial charge in [-0.25, -0.2) is 4.79 Å². The standard InChI is InChI=1S/C20H19N5O3/c1-2-28-20(27)14-6-8-15(9-7-14)23-19(26)17-10-11-18(25-24-17)22-13-16-5-3-4-12-21-16/h3-12H,2,13H2,1H3,(H,22,25)(H,23,26). The normalized spacial score (nSPS) is 10.2. The summed E-state index contributed by atoms with van der Waals surface area (Å²) in [4.78, 5) is 28.1. The topological polar surface area (TPSA) is 106 Å². The minimum Gasteiger partial charge on any atom is -0.462 e. The molecule has 2 N–H and O–H groups in total. The molecule has 0 spiro atoms. The van der Waals surface area contributed by atoms with E-state index in [1.165, 1.54) is 0 Å². The van der Waals surface area contributed by atoms with E-state index < -0.39 is 11.9 Å². The van der Waals surface area contributed by atoms with E-state index >= 15 is 0 Å². The molecule has 0 aliphatic rings. The number of hydrogen-bond acceptors (Lipinski definition) is 7. The number of carbonyl (C=O) groups excluding carboxylic acids is 2. The zero-order valence-electron chi connectivity index (χ0n) is 15.3. The predicted molar refractivity (Wildman–Crippen MR) is 104 cm³/mol. The summed E-state index contributed by atoms with van der Waals surface area (Å²) < 4.78 is 4.92. The quantitative estimate of drug-likeness (QED) is 0.610. The summed E-state index contributed by atoms with van der Waals surface area (Å²) in [7, 11) is 0. The van der Waals surface area contributed by atoms with Crippen molar-refractivity contribution in [3.63, 3.8) is 0 Å². The van der Waals surface area contributed by atoms with E-state index in [1.807, 2.05) is 18.2 Å². The van der Waals surface area contributed by atoms with Gasteiger partial charge in [-0.3, -0.25) is 9.78 Å². The largest absolute Gasteiger partial charge is 0.462 e. The van der Waals surface area contributed by atoms with Crippen LogP contribution in [0.5, 0.6) is 0 Å². The van der Waals surface area contributed by atoms with E-state index in [0.717, 1.165) is 5.69 Å². The van der Waals surface area contributed by atoms with Crippen LogP contribution >= 0.6 is 0 Å². The number of carbonyl (C=O) groups is 2. The third-order valence-corrected chi connectivity index (χ3v) is 3.73. The van der Waals surface area contributed by atoms with Crippen LogP contribution in [0.25, 0.3) is 0 Å². The van der Waals surface area contributed by atoms with Crippen LogP contribution < -0.4 is 10.6 Å². The van der Waals surface area contributed by atoms with Crippen LogP contribution in [-0.2, 0) is 11.3 Å². The fourth-order valence-electron chi connectivity index (χ4n) is 2.33. The van der Waals surface area contributed by atoms with Gasteiger partial charge in [-0.2, -0.15) is 0 Å². The molecule has 0 unspecified atom stereocenters. The molecule has 0 aliphatic heterocycles. The van der Waals surface area contributed by atoms with Crippen molar-refractivity contribution in [3.8, 4) is 0 Å². The Morgan fingerprint density at radius 1 is 1.00 bits per heavy atom. The average Bonchev–Trinajstić information content (AvgIpc) is 2.74. The van der Waals surface area contributed by atoms with Crippen molar-refractivity contribution >= 4 is 23.4 Å². The van der Waals surface area contributed by atoms with Gasteiger partial charge in [-0.15, -0.1) is 10.2 Å². The van der Waals surface area contributed by atoms with Crippen LogP contribution in [0.1, 0.15) is 33.5 Å². The maximum Gasteiger partial charge on any atom is 0.338 e. The van der Waals surface area contributed by atoms with Crippen molar-refractivity contribution in [1.82, 2.24) is 15.2 Å². The Morgan fingerprint density at radius 3 is 2.46 bits per heavy atom. The summed E-state index contributed by atoms with van der Waals surface area (Å²) in [6.07, 6.45) is 1.72. The number of anilines is 2. The van der Waals surface area contributed by atoms with Gasteiger partial charge in [0.1, 0.15) is 5.82 Å². The number of nitrogens with one attached hydrogen (secondary N) is 2. The second-order valence-corrected chi connectivity index (χ2v) is 5.73. The lowest BCUT2D eigenvalue weighted by Gasteiger charge is -2.07. The molecule has 0 aliphatic carbocycles. The van der Waals surface area contributed by atoms with E-state index in [2.05, 4.69) is 25.8 Å². The molecule has 0 radical (unpaired) electrons. The molecular weight excluding hydrogens is 358 g/mol. The van der Waals surface area contributed by atoms with E-state index in [-0.39, 0.29) is 5.69 Å². The van der Waals surface area contributed by atoms with E-state index in [9.17, 15) is 9.59 Å². The van der Waals surface area contributed by atoms with Gasteiger partial charge in [0.15, 0.2) is 5.69 Å². The molecule has 0 saturated carbocycles. The zero-order chi connectivity index (χ0) is 19.8. The average molecular weight is 377 g/mol. The van der Waals surface area contributed by atoms with Gasteiger partial charge in [-0.1, -0.05) is 6.07 Å². The molecule has 2 heterocycles. The van der Waals surface area contributed by atoms with Crippen molar-refractivity contribution in [2.75, 3.05) is 17.2 Å². The Bertz CT molecular complexity index is 928. The van der Waals surface area contributed by atoms with Crippen LogP contribution in [0.3, 0.4) is 0 Å². The Morgan fingerprint density at radius 2 is 1.82 bits per heavy atom. The highest BCUT2D eigenvalue weighted by molar-refractivity contribution is 6.03. The molecule has 0 saturated heterocycles. The molecule has 0 bridgehead atoms. The Labute approximate surface area is 162 Å². The summed E-state index contributed by atoms with van der Waals surface area (Å²) in [6.45, 7) is 2.56. The fourth-order valence-corrected chi connectivity index (χ4v) is 2.33. The number of benzene rings is 1. The Kier molecular flexibility index (Phi) is 6.25. The van der Waals surface area contributed by atoms with Crippen molar-refractivity contribution in [2.45, 2.75) is 13.5 Å². The smallest absolute Gasteiger partial charge is 0.338 e. The number of amides is 1. The van der Waals surface area contributed by atoms with Gasteiger partial charge in [0.25, 0.3) is 5.91 Å². The number of ether oxygens (including phenoxy) is 1. The molecule has 8 nitrogen and oxygen atoms in total. The lowest BCUT2D eigenvalue weighted by atomic mass is 10.2. The highest BCUT2D eigenvalue weighted by atomic mass is 16.5. The highest BCUT2D eigenvalue weighted by Crippen LogP contribution is 2.12. The number of hydrogen-bond donors (Lipinski definition) is 2. The zero-order valence-corrected chi connectivity index (χ0v) is 15.3. The number of rotatable bonds is 7. The van der Waals surface area contributed by atoms with Crippen LogP contribution in [0.15, 0.2) is 60.8 Å². The molecule has 0 atom stereocenters.